The third kappa shape index (κ3) is 3.01. The van der Waals surface area contributed by atoms with E-state index in [4.69, 9.17) is 0 Å². The molecule has 0 unspecified atom stereocenters. The zero-order valence-electron chi connectivity index (χ0n) is 9.41. The Hall–Kier alpha value is -1.69. The lowest BCUT2D eigenvalue weighted by Crippen LogP contribution is -2.09. The van der Waals surface area contributed by atoms with Crippen LogP contribution < -0.4 is 0 Å². The van der Waals surface area contributed by atoms with Gasteiger partial charge in [-0.1, -0.05) is 22.0 Å². The lowest BCUT2D eigenvalue weighted by atomic mass is 10.0. The lowest BCUT2D eigenvalue weighted by molar-refractivity contribution is -0.137. The zero-order valence-corrected chi connectivity index (χ0v) is 11.0. The molecule has 2 nitrogen and oxygen atoms in total. The highest BCUT2D eigenvalue weighted by atomic mass is 79.9. The van der Waals surface area contributed by atoms with Gasteiger partial charge in [0.05, 0.1) is 5.56 Å². The second kappa shape index (κ2) is 5.13. The van der Waals surface area contributed by atoms with Crippen LogP contribution in [0.5, 0.6) is 0 Å². The summed E-state index contributed by atoms with van der Waals surface area (Å²) < 4.78 is 38.2. The molecular weight excluding hydrogens is 323 g/mol. The third-order valence-electron chi connectivity index (χ3n) is 2.44. The van der Waals surface area contributed by atoms with E-state index in [-0.39, 0.29) is 11.3 Å². The van der Waals surface area contributed by atoms with Crippen molar-refractivity contribution in [3.63, 3.8) is 0 Å². The molecule has 0 atom stereocenters. The maximum atomic E-state index is 12.6. The SMILES string of the molecule is O=C(c1ccccn1)c1cc(C(F)(F)F)ccc1Br. The summed E-state index contributed by atoms with van der Waals surface area (Å²) in [5.41, 5.74) is -0.828. The molecule has 0 aliphatic heterocycles. The van der Waals surface area contributed by atoms with E-state index in [2.05, 4.69) is 20.9 Å². The smallest absolute Gasteiger partial charge is 0.287 e. The number of benzene rings is 1. The lowest BCUT2D eigenvalue weighted by Gasteiger charge is -2.09. The van der Waals surface area contributed by atoms with Crippen molar-refractivity contribution in [1.82, 2.24) is 4.98 Å². The molecule has 0 bridgehead atoms. The molecule has 0 radical (unpaired) electrons. The summed E-state index contributed by atoms with van der Waals surface area (Å²) in [6.45, 7) is 0. The van der Waals surface area contributed by atoms with Gasteiger partial charge in [-0.05, 0) is 30.3 Å². The van der Waals surface area contributed by atoms with Crippen LogP contribution in [0.2, 0.25) is 0 Å². The van der Waals surface area contributed by atoms with Gasteiger partial charge in [-0.3, -0.25) is 9.78 Å². The minimum Gasteiger partial charge on any atom is -0.287 e. The molecule has 2 aromatic rings. The minimum atomic E-state index is -4.49. The number of pyridine rings is 1. The predicted molar refractivity (Wildman–Crippen MR) is 66.8 cm³/mol. The van der Waals surface area contributed by atoms with Crippen LogP contribution in [0.4, 0.5) is 13.2 Å². The molecule has 6 heteroatoms. The number of carbonyl (C=O) groups excluding carboxylic acids is 1. The van der Waals surface area contributed by atoms with Crippen LogP contribution >= 0.6 is 15.9 Å². The average molecular weight is 330 g/mol. The highest BCUT2D eigenvalue weighted by Gasteiger charge is 2.31. The second-order valence-electron chi connectivity index (χ2n) is 3.74. The van der Waals surface area contributed by atoms with Crippen molar-refractivity contribution >= 4 is 21.7 Å². The number of rotatable bonds is 2. The Morgan fingerprint density at radius 3 is 2.47 bits per heavy atom. The summed E-state index contributed by atoms with van der Waals surface area (Å²) in [6, 6.07) is 7.62. The topological polar surface area (TPSA) is 30.0 Å². The van der Waals surface area contributed by atoms with Crippen LogP contribution in [-0.2, 0) is 6.18 Å². The van der Waals surface area contributed by atoms with Gasteiger partial charge in [0.1, 0.15) is 5.69 Å². The van der Waals surface area contributed by atoms with Gasteiger partial charge in [0.2, 0.25) is 5.78 Å². The molecule has 1 aromatic heterocycles. The summed E-state index contributed by atoms with van der Waals surface area (Å²) in [4.78, 5) is 15.9. The third-order valence-corrected chi connectivity index (χ3v) is 3.13. The largest absolute Gasteiger partial charge is 0.416 e. The summed E-state index contributed by atoms with van der Waals surface area (Å²) in [7, 11) is 0. The van der Waals surface area contributed by atoms with Gasteiger partial charge >= 0.3 is 6.18 Å². The normalized spacial score (nSPS) is 11.4. The molecule has 1 heterocycles. The standard InChI is InChI=1S/C13H7BrF3NO/c14-10-5-4-8(13(15,16)17)7-9(10)12(19)11-3-1-2-6-18-11/h1-7H. The van der Waals surface area contributed by atoms with Gasteiger partial charge in [0, 0.05) is 16.2 Å². The monoisotopic (exact) mass is 329 g/mol. The van der Waals surface area contributed by atoms with E-state index in [9.17, 15) is 18.0 Å². The molecule has 0 saturated carbocycles. The Bertz CT molecular complexity index is 611. The van der Waals surface area contributed by atoms with Crippen molar-refractivity contribution in [1.29, 1.82) is 0 Å². The molecule has 1 aromatic carbocycles. The molecule has 0 saturated heterocycles. The number of alkyl halides is 3. The van der Waals surface area contributed by atoms with Crippen LogP contribution in [0.1, 0.15) is 21.6 Å². The molecule has 0 aliphatic carbocycles. The van der Waals surface area contributed by atoms with Crippen molar-refractivity contribution in [2.75, 3.05) is 0 Å². The zero-order chi connectivity index (χ0) is 14.0. The molecule has 0 N–H and O–H groups in total. The Morgan fingerprint density at radius 1 is 1.16 bits per heavy atom. The highest BCUT2D eigenvalue weighted by molar-refractivity contribution is 9.10. The van der Waals surface area contributed by atoms with Crippen LogP contribution in [-0.4, -0.2) is 10.8 Å². The van der Waals surface area contributed by atoms with Crippen molar-refractivity contribution < 1.29 is 18.0 Å². The van der Waals surface area contributed by atoms with Crippen molar-refractivity contribution in [3.05, 3.63) is 63.9 Å². The predicted octanol–water partition coefficient (Wildman–Crippen LogP) is 4.09. The number of hydrogen-bond donors (Lipinski definition) is 0. The number of nitrogens with zero attached hydrogens (tertiary/aromatic N) is 1. The van der Waals surface area contributed by atoms with Gasteiger partial charge in [0.25, 0.3) is 0 Å². The Labute approximate surface area is 115 Å². The molecule has 19 heavy (non-hydrogen) atoms. The number of halogens is 4. The number of hydrogen-bond acceptors (Lipinski definition) is 2. The van der Waals surface area contributed by atoms with Gasteiger partial charge in [0.15, 0.2) is 0 Å². The first-order valence-corrected chi connectivity index (χ1v) is 6.01. The van der Waals surface area contributed by atoms with Crippen LogP contribution in [0.15, 0.2) is 47.1 Å². The molecule has 98 valence electrons. The quantitative estimate of drug-likeness (QED) is 0.776. The van der Waals surface area contributed by atoms with Crippen LogP contribution in [0, 0.1) is 0 Å². The molecular formula is C13H7BrF3NO. The fourth-order valence-electron chi connectivity index (χ4n) is 1.51. The summed E-state index contributed by atoms with van der Waals surface area (Å²) in [5.74, 6) is -0.557. The van der Waals surface area contributed by atoms with Gasteiger partial charge in [-0.25, -0.2) is 0 Å². The summed E-state index contributed by atoms with van der Waals surface area (Å²) in [6.07, 6.45) is -3.07. The fraction of sp³-hybridized carbons (Fsp3) is 0.0769. The van der Waals surface area contributed by atoms with Crippen molar-refractivity contribution in [2.45, 2.75) is 6.18 Å². The first-order chi connectivity index (χ1) is 8.89. The molecule has 2 rings (SSSR count). The van der Waals surface area contributed by atoms with Gasteiger partial charge in [-0.2, -0.15) is 13.2 Å². The minimum absolute atomic E-state index is 0.0616. The Balaban J connectivity index is 2.48. The van der Waals surface area contributed by atoms with E-state index in [1.165, 1.54) is 18.3 Å². The van der Waals surface area contributed by atoms with Gasteiger partial charge < -0.3 is 0 Å². The fourth-order valence-corrected chi connectivity index (χ4v) is 1.94. The first-order valence-electron chi connectivity index (χ1n) is 5.22. The number of ketones is 1. The van der Waals surface area contributed by atoms with E-state index in [1.54, 1.807) is 12.1 Å². The maximum absolute atomic E-state index is 12.6. The Kier molecular flexibility index (Phi) is 3.71. The van der Waals surface area contributed by atoms with Crippen molar-refractivity contribution in [2.24, 2.45) is 0 Å². The average Bonchev–Trinajstić information content (AvgIpc) is 2.38. The second-order valence-corrected chi connectivity index (χ2v) is 4.59. The van der Waals surface area contributed by atoms with E-state index in [0.717, 1.165) is 12.1 Å². The van der Waals surface area contributed by atoms with Crippen molar-refractivity contribution in [3.8, 4) is 0 Å². The highest BCUT2D eigenvalue weighted by Crippen LogP contribution is 2.32. The maximum Gasteiger partial charge on any atom is 0.416 e. The number of carbonyl (C=O) groups is 1. The van der Waals surface area contributed by atoms with E-state index in [0.29, 0.717) is 4.47 Å². The summed E-state index contributed by atoms with van der Waals surface area (Å²) in [5, 5.41) is 0. The molecule has 0 amide bonds. The van der Waals surface area contributed by atoms with Crippen LogP contribution in [0.3, 0.4) is 0 Å². The molecule has 0 aliphatic rings. The Morgan fingerprint density at radius 2 is 1.89 bits per heavy atom. The summed E-state index contributed by atoms with van der Waals surface area (Å²) >= 11 is 3.08. The molecule has 0 fully saturated rings. The van der Waals surface area contributed by atoms with E-state index in [1.807, 2.05) is 0 Å². The van der Waals surface area contributed by atoms with E-state index >= 15 is 0 Å². The van der Waals surface area contributed by atoms with E-state index < -0.39 is 17.5 Å². The van der Waals surface area contributed by atoms with Crippen LogP contribution in [0.25, 0.3) is 0 Å². The number of aromatic nitrogens is 1. The molecule has 0 spiro atoms. The first kappa shape index (κ1) is 13.7. The van der Waals surface area contributed by atoms with Gasteiger partial charge in [-0.15, -0.1) is 0 Å².